The van der Waals surface area contributed by atoms with Crippen LogP contribution >= 0.6 is 0 Å². The zero-order valence-electron chi connectivity index (χ0n) is 10.3. The third kappa shape index (κ3) is 3.57. The molecule has 0 saturated heterocycles. The number of aromatic carboxylic acids is 1. The van der Waals surface area contributed by atoms with Gasteiger partial charge in [0.15, 0.2) is 0 Å². The van der Waals surface area contributed by atoms with E-state index >= 15 is 0 Å². The zero-order chi connectivity index (χ0) is 12.3. The van der Waals surface area contributed by atoms with Crippen molar-refractivity contribution in [2.75, 3.05) is 18.5 Å². The summed E-state index contributed by atoms with van der Waals surface area (Å²) < 4.78 is 0. The summed E-state index contributed by atoms with van der Waals surface area (Å²) in [5, 5.41) is 8.79. The molecule has 88 valence electrons. The van der Waals surface area contributed by atoms with Gasteiger partial charge in [-0.3, -0.25) is 0 Å². The van der Waals surface area contributed by atoms with Gasteiger partial charge < -0.3 is 10.0 Å². The molecule has 0 saturated carbocycles. The van der Waals surface area contributed by atoms with Gasteiger partial charge in [-0.25, -0.2) is 4.79 Å². The smallest absolute Gasteiger partial charge is 0.335 e. The molecule has 0 aliphatic rings. The summed E-state index contributed by atoms with van der Waals surface area (Å²) in [5.74, 6) is -0.884. The molecule has 0 radical (unpaired) electrons. The van der Waals surface area contributed by atoms with Crippen LogP contribution in [0, 0.1) is 5.41 Å². The van der Waals surface area contributed by atoms with E-state index in [0.29, 0.717) is 5.56 Å². The molecule has 0 spiro atoms. The quantitative estimate of drug-likeness (QED) is 0.853. The summed E-state index contributed by atoms with van der Waals surface area (Å²) in [4.78, 5) is 12.8. The second-order valence-corrected chi connectivity index (χ2v) is 5.27. The highest BCUT2D eigenvalue weighted by Gasteiger charge is 2.14. The van der Waals surface area contributed by atoms with Crippen molar-refractivity contribution < 1.29 is 9.90 Å². The Labute approximate surface area is 96.7 Å². The van der Waals surface area contributed by atoms with Gasteiger partial charge in [-0.05, 0) is 29.7 Å². The van der Waals surface area contributed by atoms with Crippen molar-refractivity contribution in [3.63, 3.8) is 0 Å². The van der Waals surface area contributed by atoms with E-state index in [4.69, 9.17) is 5.11 Å². The van der Waals surface area contributed by atoms with Crippen LogP contribution in [-0.4, -0.2) is 24.7 Å². The minimum atomic E-state index is -0.884. The van der Waals surface area contributed by atoms with E-state index in [2.05, 4.69) is 25.7 Å². The number of benzene rings is 1. The lowest BCUT2D eigenvalue weighted by molar-refractivity contribution is 0.0697. The Morgan fingerprint density at radius 2 is 1.75 bits per heavy atom. The number of hydrogen-bond donors (Lipinski definition) is 1. The van der Waals surface area contributed by atoms with Crippen molar-refractivity contribution in [3.05, 3.63) is 29.8 Å². The van der Waals surface area contributed by atoms with Gasteiger partial charge in [-0.15, -0.1) is 0 Å². The van der Waals surface area contributed by atoms with Crippen molar-refractivity contribution >= 4 is 11.7 Å². The molecule has 0 amide bonds. The molecule has 1 N–H and O–H groups in total. The Morgan fingerprint density at radius 1 is 1.25 bits per heavy atom. The second kappa shape index (κ2) is 4.56. The molecule has 0 aliphatic carbocycles. The van der Waals surface area contributed by atoms with Crippen LogP contribution in [0.25, 0.3) is 0 Å². The molecular formula is C13H19NO2. The van der Waals surface area contributed by atoms with Crippen molar-refractivity contribution in [1.29, 1.82) is 0 Å². The fourth-order valence-electron chi connectivity index (χ4n) is 1.66. The molecule has 0 aliphatic heterocycles. The fourth-order valence-corrected chi connectivity index (χ4v) is 1.66. The molecule has 0 bridgehead atoms. The van der Waals surface area contributed by atoms with Gasteiger partial charge >= 0.3 is 5.97 Å². The number of carboxylic acid groups (broad SMARTS) is 1. The van der Waals surface area contributed by atoms with Gasteiger partial charge in [-0.1, -0.05) is 20.8 Å². The summed E-state index contributed by atoms with van der Waals surface area (Å²) in [7, 11) is 2.01. The minimum Gasteiger partial charge on any atom is -0.478 e. The number of carbonyl (C=O) groups is 1. The first-order chi connectivity index (χ1) is 7.29. The summed E-state index contributed by atoms with van der Waals surface area (Å²) in [5.41, 5.74) is 1.59. The van der Waals surface area contributed by atoms with Crippen LogP contribution in [0.5, 0.6) is 0 Å². The normalized spacial score (nSPS) is 11.2. The third-order valence-corrected chi connectivity index (χ3v) is 2.27. The molecule has 0 unspecified atom stereocenters. The van der Waals surface area contributed by atoms with Gasteiger partial charge in [0, 0.05) is 19.3 Å². The Balaban J connectivity index is 2.78. The molecular weight excluding hydrogens is 202 g/mol. The first-order valence-electron chi connectivity index (χ1n) is 5.34. The predicted molar refractivity (Wildman–Crippen MR) is 66.1 cm³/mol. The lowest BCUT2D eigenvalue weighted by atomic mass is 9.96. The van der Waals surface area contributed by atoms with Gasteiger partial charge in [-0.2, -0.15) is 0 Å². The lowest BCUT2D eigenvalue weighted by Crippen LogP contribution is -2.29. The van der Waals surface area contributed by atoms with Crippen LogP contribution in [0.2, 0.25) is 0 Å². The Hall–Kier alpha value is -1.51. The van der Waals surface area contributed by atoms with Crippen LogP contribution in [0.3, 0.4) is 0 Å². The predicted octanol–water partition coefficient (Wildman–Crippen LogP) is 2.87. The highest BCUT2D eigenvalue weighted by molar-refractivity contribution is 5.88. The molecule has 3 heteroatoms. The highest BCUT2D eigenvalue weighted by Crippen LogP contribution is 2.20. The van der Waals surface area contributed by atoms with Crippen molar-refractivity contribution in [2.45, 2.75) is 20.8 Å². The molecule has 3 nitrogen and oxygen atoms in total. The molecule has 0 fully saturated rings. The minimum absolute atomic E-state index is 0.222. The average Bonchev–Trinajstić information content (AvgIpc) is 2.15. The van der Waals surface area contributed by atoms with E-state index in [0.717, 1.165) is 12.2 Å². The van der Waals surface area contributed by atoms with E-state index in [1.54, 1.807) is 12.1 Å². The maximum Gasteiger partial charge on any atom is 0.335 e. The fraction of sp³-hybridized carbons (Fsp3) is 0.462. The van der Waals surface area contributed by atoms with E-state index in [1.807, 2.05) is 19.2 Å². The van der Waals surface area contributed by atoms with Crippen LogP contribution in [0.1, 0.15) is 31.1 Å². The number of hydrogen-bond acceptors (Lipinski definition) is 2. The van der Waals surface area contributed by atoms with Crippen LogP contribution < -0.4 is 4.90 Å². The molecule has 1 aromatic rings. The lowest BCUT2D eigenvalue weighted by Gasteiger charge is -2.28. The zero-order valence-corrected chi connectivity index (χ0v) is 10.3. The molecule has 0 atom stereocenters. The SMILES string of the molecule is CN(CC(C)(C)C)c1ccc(C(=O)O)cc1. The number of rotatable bonds is 3. The topological polar surface area (TPSA) is 40.5 Å². The summed E-state index contributed by atoms with van der Waals surface area (Å²) in [6, 6.07) is 6.96. The largest absolute Gasteiger partial charge is 0.478 e. The molecule has 1 rings (SSSR count). The average molecular weight is 221 g/mol. The van der Waals surface area contributed by atoms with Gasteiger partial charge in [0.2, 0.25) is 0 Å². The van der Waals surface area contributed by atoms with Crippen molar-refractivity contribution in [1.82, 2.24) is 0 Å². The van der Waals surface area contributed by atoms with E-state index in [1.165, 1.54) is 0 Å². The van der Waals surface area contributed by atoms with E-state index < -0.39 is 5.97 Å². The van der Waals surface area contributed by atoms with E-state index in [-0.39, 0.29) is 5.41 Å². The second-order valence-electron chi connectivity index (χ2n) is 5.27. The Kier molecular flexibility index (Phi) is 3.58. The van der Waals surface area contributed by atoms with Gasteiger partial charge in [0.25, 0.3) is 0 Å². The first-order valence-corrected chi connectivity index (χ1v) is 5.34. The highest BCUT2D eigenvalue weighted by atomic mass is 16.4. The van der Waals surface area contributed by atoms with E-state index in [9.17, 15) is 4.79 Å². The van der Waals surface area contributed by atoms with Gasteiger partial charge in [0.05, 0.1) is 5.56 Å². The third-order valence-electron chi connectivity index (χ3n) is 2.27. The summed E-state index contributed by atoms with van der Waals surface area (Å²) >= 11 is 0. The monoisotopic (exact) mass is 221 g/mol. The van der Waals surface area contributed by atoms with Crippen LogP contribution in [0.4, 0.5) is 5.69 Å². The standard InChI is InChI=1S/C13H19NO2/c1-13(2,3)9-14(4)11-7-5-10(6-8-11)12(15)16/h5-8H,9H2,1-4H3,(H,15,16). The summed E-state index contributed by atoms with van der Waals surface area (Å²) in [6.07, 6.45) is 0. The molecule has 0 aromatic heterocycles. The van der Waals surface area contributed by atoms with Crippen molar-refractivity contribution in [2.24, 2.45) is 5.41 Å². The van der Waals surface area contributed by atoms with Crippen molar-refractivity contribution in [3.8, 4) is 0 Å². The molecule has 0 heterocycles. The Morgan fingerprint density at radius 3 is 2.12 bits per heavy atom. The maximum atomic E-state index is 10.7. The van der Waals surface area contributed by atoms with Crippen LogP contribution in [-0.2, 0) is 0 Å². The Bertz CT molecular complexity index is 363. The summed E-state index contributed by atoms with van der Waals surface area (Å²) in [6.45, 7) is 7.46. The van der Waals surface area contributed by atoms with Gasteiger partial charge in [0.1, 0.15) is 0 Å². The number of carboxylic acids is 1. The molecule has 16 heavy (non-hydrogen) atoms. The molecule has 1 aromatic carbocycles. The maximum absolute atomic E-state index is 10.7. The first kappa shape index (κ1) is 12.6. The van der Waals surface area contributed by atoms with Crippen LogP contribution in [0.15, 0.2) is 24.3 Å². The number of anilines is 1. The number of nitrogens with zero attached hydrogens (tertiary/aromatic N) is 1.